The molecule has 2 atom stereocenters. The third-order valence-electron chi connectivity index (χ3n) is 8.22. The molecule has 6 rings (SSSR count). The quantitative estimate of drug-likeness (QED) is 0.324. The van der Waals surface area contributed by atoms with Crippen LogP contribution in [0.25, 0.3) is 10.9 Å². The summed E-state index contributed by atoms with van der Waals surface area (Å²) >= 11 is 1.74. The molecule has 1 aliphatic heterocycles. The Morgan fingerprint density at radius 3 is 2.74 bits per heavy atom. The second-order valence-electron chi connectivity index (χ2n) is 10.9. The molecule has 0 amide bonds. The van der Waals surface area contributed by atoms with Crippen molar-refractivity contribution in [2.24, 2.45) is 0 Å². The van der Waals surface area contributed by atoms with Crippen LogP contribution in [0.2, 0.25) is 0 Å². The smallest absolute Gasteiger partial charge is 0.253 e. The molecule has 200 valence electrons. The number of benzene rings is 1. The third-order valence-corrected chi connectivity index (χ3v) is 9.08. The molecule has 0 radical (unpaired) electrons. The van der Waals surface area contributed by atoms with Crippen LogP contribution >= 0.6 is 11.3 Å². The van der Waals surface area contributed by atoms with Crippen molar-refractivity contribution in [2.45, 2.75) is 83.5 Å². The number of pyridine rings is 1. The molecule has 0 spiro atoms. The fourth-order valence-electron chi connectivity index (χ4n) is 6.17. The zero-order chi connectivity index (χ0) is 26.1. The van der Waals surface area contributed by atoms with Gasteiger partial charge in [-0.1, -0.05) is 37.5 Å². The van der Waals surface area contributed by atoms with E-state index in [1.54, 1.807) is 11.3 Å². The standard InChI is InChI=1S/C29H36N6O2S/c1-19-12-13-20(2)26-24(19)16-25(29(36)30-26)27(28-31-32-33-35(28)21-8-4-3-5-9-21)34(17-22-10-6-14-37-22)18-23-11-7-15-38-23/h7,11-13,15-16,21-22,27H,3-6,8-10,14,17-18H2,1-2H3,(H,30,36)/t22-,27-/m1/s1. The molecule has 1 N–H and O–H groups in total. The Bertz CT molecular complexity index is 1430. The number of hydrogen-bond acceptors (Lipinski definition) is 7. The normalized spacial score (nSPS) is 19.5. The Hall–Kier alpha value is -2.88. The van der Waals surface area contributed by atoms with Crippen molar-refractivity contribution < 1.29 is 4.74 Å². The van der Waals surface area contributed by atoms with Gasteiger partial charge in [-0.05, 0) is 78.6 Å². The van der Waals surface area contributed by atoms with Crippen LogP contribution in [0.15, 0.2) is 40.5 Å². The maximum Gasteiger partial charge on any atom is 0.253 e. The summed E-state index contributed by atoms with van der Waals surface area (Å²) in [7, 11) is 0. The van der Waals surface area contributed by atoms with Crippen LogP contribution < -0.4 is 5.56 Å². The number of nitrogens with one attached hydrogen (secondary N) is 1. The molecule has 0 unspecified atom stereocenters. The first-order valence-electron chi connectivity index (χ1n) is 13.9. The maximum atomic E-state index is 13.9. The number of hydrogen-bond donors (Lipinski definition) is 1. The van der Waals surface area contributed by atoms with E-state index in [9.17, 15) is 4.79 Å². The van der Waals surface area contributed by atoms with Gasteiger partial charge in [0.15, 0.2) is 5.82 Å². The van der Waals surface area contributed by atoms with Crippen LogP contribution in [0.5, 0.6) is 0 Å². The summed E-state index contributed by atoms with van der Waals surface area (Å²) in [6.07, 6.45) is 7.95. The van der Waals surface area contributed by atoms with E-state index < -0.39 is 6.04 Å². The Kier molecular flexibility index (Phi) is 7.41. The molecule has 2 fully saturated rings. The van der Waals surface area contributed by atoms with E-state index >= 15 is 0 Å². The van der Waals surface area contributed by atoms with Crippen molar-refractivity contribution in [3.05, 3.63) is 73.5 Å². The molecule has 4 aromatic rings. The van der Waals surface area contributed by atoms with Gasteiger partial charge < -0.3 is 9.72 Å². The topological polar surface area (TPSA) is 88.9 Å². The number of aromatic amines is 1. The van der Waals surface area contributed by atoms with Crippen LogP contribution in [0.4, 0.5) is 0 Å². The average Bonchev–Trinajstić information content (AvgIpc) is 3.72. The van der Waals surface area contributed by atoms with Crippen molar-refractivity contribution in [1.82, 2.24) is 30.1 Å². The molecule has 3 aromatic heterocycles. The summed E-state index contributed by atoms with van der Waals surface area (Å²) in [6, 6.07) is 10.4. The molecule has 1 aromatic carbocycles. The lowest BCUT2D eigenvalue weighted by Gasteiger charge is -2.33. The van der Waals surface area contributed by atoms with Gasteiger partial charge in [-0.25, -0.2) is 4.68 Å². The van der Waals surface area contributed by atoms with Crippen molar-refractivity contribution in [3.63, 3.8) is 0 Å². The molecule has 8 nitrogen and oxygen atoms in total. The summed E-state index contributed by atoms with van der Waals surface area (Å²) in [4.78, 5) is 20.7. The highest BCUT2D eigenvalue weighted by atomic mass is 32.1. The van der Waals surface area contributed by atoms with Gasteiger partial charge in [-0.2, -0.15) is 0 Å². The molecule has 4 heterocycles. The summed E-state index contributed by atoms with van der Waals surface area (Å²) in [5, 5.41) is 16.5. The number of fused-ring (bicyclic) bond motifs is 1. The lowest BCUT2D eigenvalue weighted by Crippen LogP contribution is -2.39. The van der Waals surface area contributed by atoms with E-state index in [0.29, 0.717) is 18.7 Å². The van der Waals surface area contributed by atoms with Crippen LogP contribution in [0, 0.1) is 13.8 Å². The van der Waals surface area contributed by atoms with Crippen LogP contribution in [-0.4, -0.2) is 49.3 Å². The zero-order valence-corrected chi connectivity index (χ0v) is 23.0. The largest absolute Gasteiger partial charge is 0.377 e. The summed E-state index contributed by atoms with van der Waals surface area (Å²) in [5.74, 6) is 0.751. The lowest BCUT2D eigenvalue weighted by molar-refractivity contribution is 0.0571. The van der Waals surface area contributed by atoms with E-state index in [2.05, 4.69) is 68.0 Å². The lowest BCUT2D eigenvalue weighted by atomic mass is 9.94. The number of thiophene rings is 1. The molecule has 9 heteroatoms. The van der Waals surface area contributed by atoms with Gasteiger partial charge in [-0.3, -0.25) is 9.69 Å². The summed E-state index contributed by atoms with van der Waals surface area (Å²) in [5.41, 5.74) is 3.70. The number of rotatable bonds is 8. The van der Waals surface area contributed by atoms with Gasteiger partial charge in [-0.15, -0.1) is 16.4 Å². The first kappa shape index (κ1) is 25.4. The second kappa shape index (κ2) is 11.1. The molecular weight excluding hydrogens is 496 g/mol. The number of tetrazole rings is 1. The van der Waals surface area contributed by atoms with E-state index in [4.69, 9.17) is 4.74 Å². The van der Waals surface area contributed by atoms with E-state index in [1.807, 2.05) is 11.6 Å². The zero-order valence-electron chi connectivity index (χ0n) is 22.2. The van der Waals surface area contributed by atoms with Crippen molar-refractivity contribution in [1.29, 1.82) is 0 Å². The minimum atomic E-state index is -0.397. The average molecular weight is 533 g/mol. The molecular formula is C29H36N6O2S. The van der Waals surface area contributed by atoms with E-state index in [1.165, 1.54) is 24.1 Å². The first-order chi connectivity index (χ1) is 18.6. The summed E-state index contributed by atoms with van der Waals surface area (Å²) < 4.78 is 8.13. The van der Waals surface area contributed by atoms with Crippen LogP contribution in [0.3, 0.4) is 0 Å². The molecule has 38 heavy (non-hydrogen) atoms. The molecule has 1 saturated heterocycles. The van der Waals surface area contributed by atoms with Gasteiger partial charge >= 0.3 is 0 Å². The van der Waals surface area contributed by atoms with Gasteiger partial charge in [0.2, 0.25) is 0 Å². The monoisotopic (exact) mass is 532 g/mol. The fourth-order valence-corrected chi connectivity index (χ4v) is 6.90. The highest BCUT2D eigenvalue weighted by molar-refractivity contribution is 7.09. The van der Waals surface area contributed by atoms with Gasteiger partial charge in [0.05, 0.1) is 17.7 Å². The minimum absolute atomic E-state index is 0.0853. The highest BCUT2D eigenvalue weighted by Crippen LogP contribution is 2.35. The highest BCUT2D eigenvalue weighted by Gasteiger charge is 2.35. The minimum Gasteiger partial charge on any atom is -0.377 e. The molecule has 2 aliphatic rings. The Morgan fingerprint density at radius 1 is 1.13 bits per heavy atom. The number of H-pyrrole nitrogens is 1. The van der Waals surface area contributed by atoms with Crippen molar-refractivity contribution >= 4 is 22.2 Å². The first-order valence-corrected chi connectivity index (χ1v) is 14.8. The molecule has 1 aliphatic carbocycles. The van der Waals surface area contributed by atoms with E-state index in [-0.39, 0.29) is 17.7 Å². The van der Waals surface area contributed by atoms with Gasteiger partial charge in [0.1, 0.15) is 6.04 Å². The Labute approximate surface area is 227 Å². The third kappa shape index (κ3) is 5.07. The number of nitrogens with zero attached hydrogens (tertiary/aromatic N) is 5. The van der Waals surface area contributed by atoms with Crippen LogP contribution in [-0.2, 0) is 11.3 Å². The Morgan fingerprint density at radius 2 is 1.97 bits per heavy atom. The predicted molar refractivity (Wildman–Crippen MR) is 150 cm³/mol. The Balaban J connectivity index is 1.52. The van der Waals surface area contributed by atoms with Crippen molar-refractivity contribution in [2.75, 3.05) is 13.2 Å². The fraction of sp³-hybridized carbons (Fsp3) is 0.517. The SMILES string of the molecule is Cc1ccc(C)c2[nH]c(=O)c([C@H](c3nnnn3C3CCCCC3)N(Cc3cccs3)C[C@H]3CCCO3)cc12. The van der Waals surface area contributed by atoms with Gasteiger partial charge in [0, 0.05) is 35.5 Å². The predicted octanol–water partition coefficient (Wildman–Crippen LogP) is 5.47. The van der Waals surface area contributed by atoms with Crippen LogP contribution in [0.1, 0.15) is 84.4 Å². The molecule has 1 saturated carbocycles. The maximum absolute atomic E-state index is 13.9. The summed E-state index contributed by atoms with van der Waals surface area (Å²) in [6.45, 7) is 6.34. The van der Waals surface area contributed by atoms with Gasteiger partial charge in [0.25, 0.3) is 5.56 Å². The number of aromatic nitrogens is 5. The van der Waals surface area contributed by atoms with Crippen molar-refractivity contribution in [3.8, 4) is 0 Å². The second-order valence-corrected chi connectivity index (χ2v) is 11.9. The number of ether oxygens (including phenoxy) is 1. The van der Waals surface area contributed by atoms with E-state index in [0.717, 1.165) is 60.1 Å². The molecule has 0 bridgehead atoms. The number of aryl methyl sites for hydroxylation is 2.